The van der Waals surface area contributed by atoms with Gasteiger partial charge in [-0.2, -0.15) is 0 Å². The Morgan fingerprint density at radius 1 is 1.40 bits per heavy atom. The van der Waals surface area contributed by atoms with E-state index in [2.05, 4.69) is 25.6 Å². The SMILES string of the molecule is CNC(=O)NC1C(CO)OC(n2cnc3c(N)ncnc32)C1O.CO. The second-order valence-corrected chi connectivity index (χ2v) is 5.07. The van der Waals surface area contributed by atoms with E-state index in [9.17, 15) is 15.0 Å². The number of aliphatic hydroxyl groups is 3. The topological polar surface area (TPSA) is 181 Å². The van der Waals surface area contributed by atoms with Crippen LogP contribution in [0, 0.1) is 0 Å². The molecule has 25 heavy (non-hydrogen) atoms. The Kier molecular flexibility index (Phi) is 6.03. The highest BCUT2D eigenvalue weighted by atomic mass is 16.5. The Bertz CT molecular complexity index is 724. The summed E-state index contributed by atoms with van der Waals surface area (Å²) in [5, 5.41) is 31.9. The summed E-state index contributed by atoms with van der Waals surface area (Å²) in [6.07, 6.45) is -0.0723. The van der Waals surface area contributed by atoms with E-state index in [1.165, 1.54) is 24.3 Å². The summed E-state index contributed by atoms with van der Waals surface area (Å²) < 4.78 is 7.14. The molecule has 3 rings (SSSR count). The standard InChI is InChI=1S/C12H17N7O4.CH4O/c1-14-12(22)18-6-5(2-20)23-11(8(6)21)19-4-17-7-9(13)15-3-16-10(7)19;1-2/h3-6,8,11,20-21H,2H2,1H3,(H2,13,15,16)(H2,14,18,22);2H,1H3. The summed E-state index contributed by atoms with van der Waals surface area (Å²) in [6, 6.07) is -1.28. The van der Waals surface area contributed by atoms with Crippen molar-refractivity contribution in [2.75, 3.05) is 26.5 Å². The van der Waals surface area contributed by atoms with Crippen LogP contribution in [0.15, 0.2) is 12.7 Å². The monoisotopic (exact) mass is 355 g/mol. The van der Waals surface area contributed by atoms with Gasteiger partial charge in [0.1, 0.15) is 24.1 Å². The van der Waals surface area contributed by atoms with E-state index in [-0.39, 0.29) is 12.4 Å². The molecule has 138 valence electrons. The fourth-order valence-corrected chi connectivity index (χ4v) is 2.59. The molecule has 0 radical (unpaired) electrons. The number of carbonyl (C=O) groups excluding carboxylic acids is 1. The van der Waals surface area contributed by atoms with Crippen LogP contribution in [-0.4, -0.2) is 79.9 Å². The summed E-state index contributed by atoms with van der Waals surface area (Å²) >= 11 is 0. The first kappa shape index (κ1) is 18.8. The van der Waals surface area contributed by atoms with Crippen LogP contribution in [0.4, 0.5) is 10.6 Å². The number of carbonyl (C=O) groups is 1. The molecule has 0 aliphatic carbocycles. The first-order valence-corrected chi connectivity index (χ1v) is 7.37. The normalized spacial score (nSPS) is 25.3. The summed E-state index contributed by atoms with van der Waals surface area (Å²) in [4.78, 5) is 23.5. The predicted molar refractivity (Wildman–Crippen MR) is 86.3 cm³/mol. The zero-order valence-corrected chi connectivity index (χ0v) is 13.7. The molecule has 1 saturated heterocycles. The van der Waals surface area contributed by atoms with E-state index in [4.69, 9.17) is 15.6 Å². The van der Waals surface area contributed by atoms with Crippen molar-refractivity contribution >= 4 is 23.0 Å². The Labute approximate surface area is 142 Å². The smallest absolute Gasteiger partial charge is 0.314 e. The molecule has 0 bridgehead atoms. The number of aromatic nitrogens is 4. The maximum atomic E-state index is 11.5. The quantitative estimate of drug-likeness (QED) is 0.349. The number of fused-ring (bicyclic) bond motifs is 1. The molecular formula is C13H21N7O5. The number of ether oxygens (including phenoxy) is 1. The van der Waals surface area contributed by atoms with Gasteiger partial charge in [0, 0.05) is 14.2 Å². The molecule has 1 fully saturated rings. The predicted octanol–water partition coefficient (Wildman–Crippen LogP) is -2.43. The molecular weight excluding hydrogens is 334 g/mol. The van der Waals surface area contributed by atoms with E-state index < -0.39 is 30.5 Å². The second kappa shape index (κ2) is 8.02. The van der Waals surface area contributed by atoms with Crippen LogP contribution in [0.1, 0.15) is 6.23 Å². The lowest BCUT2D eigenvalue weighted by molar-refractivity contribution is -0.0489. The minimum absolute atomic E-state index is 0.208. The van der Waals surface area contributed by atoms with Crippen molar-refractivity contribution in [3.05, 3.63) is 12.7 Å². The second-order valence-electron chi connectivity index (χ2n) is 5.07. The number of hydrogen-bond donors (Lipinski definition) is 6. The first-order chi connectivity index (χ1) is 12.1. The van der Waals surface area contributed by atoms with Crippen molar-refractivity contribution in [1.29, 1.82) is 0 Å². The molecule has 12 heteroatoms. The molecule has 2 amide bonds. The number of rotatable bonds is 3. The minimum atomic E-state index is -1.11. The van der Waals surface area contributed by atoms with Crippen molar-refractivity contribution in [3.63, 3.8) is 0 Å². The maximum Gasteiger partial charge on any atom is 0.314 e. The lowest BCUT2D eigenvalue weighted by Crippen LogP contribution is -2.50. The molecule has 0 aromatic carbocycles. The zero-order valence-electron chi connectivity index (χ0n) is 13.7. The number of urea groups is 1. The van der Waals surface area contributed by atoms with Crippen LogP contribution in [-0.2, 0) is 4.74 Å². The number of anilines is 1. The number of hydrogen-bond acceptors (Lipinski definition) is 9. The summed E-state index contributed by atoms with van der Waals surface area (Å²) in [6.45, 7) is -0.369. The van der Waals surface area contributed by atoms with E-state index >= 15 is 0 Å². The lowest BCUT2D eigenvalue weighted by Gasteiger charge is -2.20. The van der Waals surface area contributed by atoms with Gasteiger partial charge in [0.15, 0.2) is 17.7 Å². The van der Waals surface area contributed by atoms with Crippen LogP contribution in [0.3, 0.4) is 0 Å². The molecule has 1 aliphatic rings. The molecule has 7 N–H and O–H groups in total. The Morgan fingerprint density at radius 3 is 2.76 bits per heavy atom. The van der Waals surface area contributed by atoms with Gasteiger partial charge >= 0.3 is 6.03 Å². The highest BCUT2D eigenvalue weighted by molar-refractivity contribution is 5.81. The third kappa shape index (κ3) is 3.46. The van der Waals surface area contributed by atoms with Gasteiger partial charge < -0.3 is 36.4 Å². The summed E-state index contributed by atoms with van der Waals surface area (Å²) in [5.74, 6) is 0.208. The van der Waals surface area contributed by atoms with Gasteiger partial charge in [0.25, 0.3) is 0 Å². The van der Waals surface area contributed by atoms with Crippen LogP contribution >= 0.6 is 0 Å². The summed E-state index contributed by atoms with van der Waals surface area (Å²) in [7, 11) is 2.45. The largest absolute Gasteiger partial charge is 0.400 e. The lowest BCUT2D eigenvalue weighted by atomic mass is 10.1. The number of nitrogen functional groups attached to an aromatic ring is 1. The van der Waals surface area contributed by atoms with Gasteiger partial charge in [-0.15, -0.1) is 0 Å². The number of nitrogens with zero attached hydrogens (tertiary/aromatic N) is 4. The van der Waals surface area contributed by atoms with Crippen LogP contribution in [0.2, 0.25) is 0 Å². The molecule has 2 aromatic rings. The van der Waals surface area contributed by atoms with E-state index in [1.807, 2.05) is 0 Å². The van der Waals surface area contributed by atoms with E-state index in [0.717, 1.165) is 7.11 Å². The molecule has 4 unspecified atom stereocenters. The average Bonchev–Trinajstić information content (AvgIpc) is 3.19. The number of nitrogens with two attached hydrogens (primary N) is 1. The number of imidazole rings is 1. The highest BCUT2D eigenvalue weighted by Gasteiger charge is 2.45. The van der Waals surface area contributed by atoms with Crippen molar-refractivity contribution in [3.8, 4) is 0 Å². The third-order valence-electron chi connectivity index (χ3n) is 3.74. The minimum Gasteiger partial charge on any atom is -0.400 e. The van der Waals surface area contributed by atoms with Crippen molar-refractivity contribution < 1.29 is 24.9 Å². The van der Waals surface area contributed by atoms with Gasteiger partial charge in [0.05, 0.1) is 19.0 Å². The molecule has 12 nitrogen and oxygen atoms in total. The zero-order chi connectivity index (χ0) is 18.6. The van der Waals surface area contributed by atoms with Crippen molar-refractivity contribution in [1.82, 2.24) is 30.2 Å². The average molecular weight is 355 g/mol. The fraction of sp³-hybridized carbons (Fsp3) is 0.538. The molecule has 0 spiro atoms. The molecule has 4 atom stereocenters. The number of aliphatic hydroxyl groups excluding tert-OH is 3. The van der Waals surface area contributed by atoms with Crippen LogP contribution in [0.25, 0.3) is 11.2 Å². The molecule has 3 heterocycles. The van der Waals surface area contributed by atoms with Crippen molar-refractivity contribution in [2.24, 2.45) is 0 Å². The van der Waals surface area contributed by atoms with E-state index in [0.29, 0.717) is 11.2 Å². The van der Waals surface area contributed by atoms with Crippen LogP contribution < -0.4 is 16.4 Å². The first-order valence-electron chi connectivity index (χ1n) is 7.37. The number of amides is 2. The fourth-order valence-electron chi connectivity index (χ4n) is 2.59. The summed E-state index contributed by atoms with van der Waals surface area (Å²) in [5.41, 5.74) is 6.50. The number of nitrogens with one attached hydrogen (secondary N) is 2. The Morgan fingerprint density at radius 2 is 2.12 bits per heavy atom. The maximum absolute atomic E-state index is 11.5. The van der Waals surface area contributed by atoms with Gasteiger partial charge in [0.2, 0.25) is 0 Å². The molecule has 1 aliphatic heterocycles. The van der Waals surface area contributed by atoms with Crippen molar-refractivity contribution in [2.45, 2.75) is 24.5 Å². The van der Waals surface area contributed by atoms with Gasteiger partial charge in [-0.1, -0.05) is 0 Å². The van der Waals surface area contributed by atoms with Gasteiger partial charge in [-0.3, -0.25) is 4.57 Å². The van der Waals surface area contributed by atoms with Gasteiger partial charge in [-0.25, -0.2) is 19.7 Å². The van der Waals surface area contributed by atoms with E-state index in [1.54, 1.807) is 0 Å². The molecule has 2 aromatic heterocycles. The Balaban J connectivity index is 0.00000109. The third-order valence-corrected chi connectivity index (χ3v) is 3.74. The highest BCUT2D eigenvalue weighted by Crippen LogP contribution is 2.31. The molecule has 0 saturated carbocycles. The Hall–Kier alpha value is -2.54. The van der Waals surface area contributed by atoms with Crippen LogP contribution in [0.5, 0.6) is 0 Å². The van der Waals surface area contributed by atoms with Gasteiger partial charge in [-0.05, 0) is 0 Å².